The summed E-state index contributed by atoms with van der Waals surface area (Å²) in [7, 11) is 0. The molecule has 0 aromatic heterocycles. The number of H-pyrrole nitrogens is 1. The summed E-state index contributed by atoms with van der Waals surface area (Å²) in [6, 6.07) is 16.1. The summed E-state index contributed by atoms with van der Waals surface area (Å²) >= 11 is 0. The van der Waals surface area contributed by atoms with Crippen LogP contribution in [-0.2, 0) is 41.7 Å². The van der Waals surface area contributed by atoms with Gasteiger partial charge in [0.15, 0.2) is 24.1 Å². The van der Waals surface area contributed by atoms with Crippen LogP contribution in [0.25, 0.3) is 22.3 Å². The number of carbonyl (C=O) groups excluding carboxylic acids is 3. The van der Waals surface area contributed by atoms with Gasteiger partial charge in [0, 0.05) is 26.8 Å². The third kappa shape index (κ3) is 7.18. The number of nitrogens with zero attached hydrogens (tertiary/aromatic N) is 2. The van der Waals surface area contributed by atoms with E-state index in [1.54, 1.807) is 24.3 Å². The molecule has 0 bridgehead atoms. The van der Waals surface area contributed by atoms with Crippen molar-refractivity contribution in [2.24, 2.45) is 0 Å². The summed E-state index contributed by atoms with van der Waals surface area (Å²) in [5.41, 5.74) is -0.195. The zero-order valence-electron chi connectivity index (χ0n) is 23.1. The lowest BCUT2D eigenvalue weighted by atomic mass is 10.1. The van der Waals surface area contributed by atoms with Crippen molar-refractivity contribution < 1.29 is 38.4 Å². The van der Waals surface area contributed by atoms with Crippen molar-refractivity contribution >= 4 is 28.8 Å². The second-order valence-electron chi connectivity index (χ2n) is 9.41. The molecular weight excluding hydrogens is 550 g/mol. The van der Waals surface area contributed by atoms with Crippen LogP contribution in [0, 0.1) is 0 Å². The Kier molecular flexibility index (Phi) is 9.32. The van der Waals surface area contributed by atoms with E-state index in [0.29, 0.717) is 16.7 Å². The van der Waals surface area contributed by atoms with Gasteiger partial charge in [-0.15, -0.1) is 0 Å². The first-order valence-corrected chi connectivity index (χ1v) is 12.9. The van der Waals surface area contributed by atoms with Gasteiger partial charge < -0.3 is 28.6 Å². The van der Waals surface area contributed by atoms with Crippen LogP contribution in [0.5, 0.6) is 5.75 Å². The predicted octanol–water partition coefficient (Wildman–Crippen LogP) is 1.56. The molecule has 0 saturated heterocycles. The van der Waals surface area contributed by atoms with E-state index >= 15 is 0 Å². The Balaban J connectivity index is 1.88. The minimum atomic E-state index is -1.47. The number of aromatic amines is 1. The average molecular weight is 580 g/mol. The molecule has 0 aliphatic carbocycles. The lowest BCUT2D eigenvalue weighted by Crippen LogP contribution is -2.48. The van der Waals surface area contributed by atoms with Gasteiger partial charge in [0.1, 0.15) is 12.4 Å². The molecule has 0 saturated carbocycles. The van der Waals surface area contributed by atoms with E-state index in [9.17, 15) is 29.1 Å². The fraction of sp³-hybridized carbons (Fsp3) is 0.310. The number of aromatic nitrogens is 3. The number of rotatable bonds is 11. The van der Waals surface area contributed by atoms with E-state index in [1.165, 1.54) is 4.57 Å². The summed E-state index contributed by atoms with van der Waals surface area (Å²) in [5, 5.41) is 10.5. The van der Waals surface area contributed by atoms with Gasteiger partial charge in [-0.1, -0.05) is 30.3 Å². The van der Waals surface area contributed by atoms with Crippen LogP contribution in [0.2, 0.25) is 0 Å². The van der Waals surface area contributed by atoms with Crippen LogP contribution in [-0.4, -0.2) is 62.5 Å². The lowest BCUT2D eigenvalue weighted by Gasteiger charge is -2.32. The molecule has 0 radical (unpaired) electrons. The first kappa shape index (κ1) is 29.9. The highest BCUT2D eigenvalue weighted by atomic mass is 16.6. The van der Waals surface area contributed by atoms with Gasteiger partial charge in [0.2, 0.25) is 0 Å². The fourth-order valence-corrected chi connectivity index (χ4v) is 4.56. The Morgan fingerprint density at radius 3 is 2.21 bits per heavy atom. The van der Waals surface area contributed by atoms with Crippen LogP contribution in [0.4, 0.5) is 0 Å². The number of nitrogens with one attached hydrogen (secondary N) is 1. The van der Waals surface area contributed by atoms with Gasteiger partial charge in [-0.05, 0) is 29.1 Å². The Hall–Kier alpha value is -5.04. The molecule has 2 aromatic rings. The van der Waals surface area contributed by atoms with Crippen molar-refractivity contribution in [3.8, 4) is 17.1 Å². The monoisotopic (exact) mass is 579 g/mol. The molecule has 2 aromatic carbocycles. The normalized spacial score (nSPS) is 13.2. The number of pyridine rings is 1. The van der Waals surface area contributed by atoms with Crippen molar-refractivity contribution in [2.75, 3.05) is 6.61 Å². The van der Waals surface area contributed by atoms with Crippen LogP contribution >= 0.6 is 0 Å². The standard InChI is InChI=1S/C29H29N3O10/c1-16(34)40-24(26(42-18(3)36)25(14-33)41-17(2)35)13-32-23-12-21(39-15-19-7-5-4-6-8-19)10-9-20(23)11-22-27(32)30-29(38)31-28(22)37/h4-12,24-26,33H,13-15H2,1-3H3,(H,31,37,38)/t24-,25+,26-/m0/s1. The maximum atomic E-state index is 12.8. The van der Waals surface area contributed by atoms with E-state index in [4.69, 9.17) is 18.9 Å². The van der Waals surface area contributed by atoms with Gasteiger partial charge >= 0.3 is 23.6 Å². The molecule has 13 nitrogen and oxygen atoms in total. The highest BCUT2D eigenvalue weighted by molar-refractivity contribution is 5.86. The number of benzene rings is 2. The Morgan fingerprint density at radius 1 is 0.905 bits per heavy atom. The van der Waals surface area contributed by atoms with Crippen LogP contribution in [0.15, 0.2) is 64.2 Å². The van der Waals surface area contributed by atoms with E-state index < -0.39 is 54.1 Å². The van der Waals surface area contributed by atoms with E-state index in [-0.39, 0.29) is 24.5 Å². The number of hydrogen-bond donors (Lipinski definition) is 2. The van der Waals surface area contributed by atoms with Crippen LogP contribution in [0.1, 0.15) is 26.3 Å². The second kappa shape index (κ2) is 13.1. The fourth-order valence-electron chi connectivity index (χ4n) is 4.56. The van der Waals surface area contributed by atoms with Crippen molar-refractivity contribution in [1.82, 2.24) is 14.5 Å². The maximum absolute atomic E-state index is 12.8. The first-order valence-electron chi connectivity index (χ1n) is 12.9. The van der Waals surface area contributed by atoms with Gasteiger partial charge in [-0.2, -0.15) is 4.98 Å². The molecule has 0 unspecified atom stereocenters. The Morgan fingerprint density at radius 2 is 1.57 bits per heavy atom. The minimum absolute atomic E-state index is 0.0526. The molecule has 2 aliphatic rings. The van der Waals surface area contributed by atoms with Crippen molar-refractivity contribution in [3.63, 3.8) is 0 Å². The van der Waals surface area contributed by atoms with Gasteiger partial charge in [-0.3, -0.25) is 24.2 Å². The summed E-state index contributed by atoms with van der Waals surface area (Å²) in [6.45, 7) is 2.48. The summed E-state index contributed by atoms with van der Waals surface area (Å²) in [6.07, 6.45) is -4.25. The topological polar surface area (TPSA) is 176 Å². The number of esters is 3. The quantitative estimate of drug-likeness (QED) is 0.150. The highest BCUT2D eigenvalue weighted by Crippen LogP contribution is 2.29. The minimum Gasteiger partial charge on any atom is -0.489 e. The summed E-state index contributed by atoms with van der Waals surface area (Å²) < 4.78 is 23.5. The largest absolute Gasteiger partial charge is 0.489 e. The number of carbonyl (C=O) groups is 3. The molecule has 0 spiro atoms. The number of ether oxygens (including phenoxy) is 4. The van der Waals surface area contributed by atoms with Gasteiger partial charge in [0.05, 0.1) is 24.2 Å². The molecule has 42 heavy (non-hydrogen) atoms. The molecule has 2 aliphatic heterocycles. The number of aliphatic hydroxyl groups excluding tert-OH is 1. The highest BCUT2D eigenvalue weighted by Gasteiger charge is 2.38. The molecule has 2 heterocycles. The summed E-state index contributed by atoms with van der Waals surface area (Å²) in [5.74, 6) is -1.96. The zero-order chi connectivity index (χ0) is 30.4. The first-order chi connectivity index (χ1) is 20.0. The molecular formula is C29H29N3O10. The third-order valence-corrected chi connectivity index (χ3v) is 6.22. The Bertz CT molecular complexity index is 1680. The zero-order valence-corrected chi connectivity index (χ0v) is 23.1. The molecule has 0 amide bonds. The average Bonchev–Trinajstić information content (AvgIpc) is 2.93. The number of hydrogen-bond acceptors (Lipinski definition) is 11. The number of fused-ring (bicyclic) bond motifs is 2. The van der Waals surface area contributed by atoms with Gasteiger partial charge in [-0.25, -0.2) is 4.79 Å². The van der Waals surface area contributed by atoms with E-state index in [0.717, 1.165) is 26.3 Å². The summed E-state index contributed by atoms with van der Waals surface area (Å²) in [4.78, 5) is 67.2. The molecule has 220 valence electrons. The van der Waals surface area contributed by atoms with Crippen molar-refractivity contribution in [3.05, 3.63) is 81.0 Å². The van der Waals surface area contributed by atoms with Crippen LogP contribution in [0.3, 0.4) is 0 Å². The maximum Gasteiger partial charge on any atom is 0.349 e. The molecule has 13 heteroatoms. The molecule has 3 atom stereocenters. The molecule has 0 fully saturated rings. The predicted molar refractivity (Wildman–Crippen MR) is 148 cm³/mol. The Labute approximate surface area is 239 Å². The molecule has 2 N–H and O–H groups in total. The molecule has 4 rings (SSSR count). The van der Waals surface area contributed by atoms with Crippen molar-refractivity contribution in [1.29, 1.82) is 0 Å². The third-order valence-electron chi connectivity index (χ3n) is 6.22. The second-order valence-corrected chi connectivity index (χ2v) is 9.41. The number of aliphatic hydroxyl groups is 1. The van der Waals surface area contributed by atoms with Crippen LogP contribution < -0.4 is 16.0 Å². The lowest BCUT2D eigenvalue weighted by molar-refractivity contribution is -0.187. The van der Waals surface area contributed by atoms with Crippen molar-refractivity contribution in [2.45, 2.75) is 52.2 Å². The van der Waals surface area contributed by atoms with Gasteiger partial charge in [0.25, 0.3) is 5.56 Å². The van der Waals surface area contributed by atoms with E-state index in [1.807, 2.05) is 30.3 Å². The smallest absolute Gasteiger partial charge is 0.349 e. The SMILES string of the molecule is CC(=O)O[C@@H]([C@H](Cn1c2nc(=O)[nH]c(=O)c-2cc2ccc(OCc3ccccc3)cc21)OC(C)=O)[C@@H](CO)OC(C)=O. The van der Waals surface area contributed by atoms with E-state index in [2.05, 4.69) is 9.97 Å².